The second-order valence-corrected chi connectivity index (χ2v) is 14.6. The second-order valence-electron chi connectivity index (χ2n) is 14.6. The molecule has 0 spiro atoms. The molecule has 0 bridgehead atoms. The van der Waals surface area contributed by atoms with E-state index in [0.717, 1.165) is 56.0 Å². The molecule has 0 saturated heterocycles. The normalized spacial score (nSPS) is 11.9. The first-order valence-corrected chi connectivity index (χ1v) is 19.3. The number of benzene rings is 8. The van der Waals surface area contributed by atoms with Crippen LogP contribution in [0.4, 0.5) is 0 Å². The van der Waals surface area contributed by atoms with Crippen molar-refractivity contribution >= 4 is 65.4 Å². The van der Waals surface area contributed by atoms with Gasteiger partial charge in [0.1, 0.15) is 11.6 Å². The number of fused-ring (bicyclic) bond motifs is 10. The lowest BCUT2D eigenvalue weighted by molar-refractivity contribution is 0.994. The van der Waals surface area contributed by atoms with Gasteiger partial charge in [-0.1, -0.05) is 158 Å². The van der Waals surface area contributed by atoms with Gasteiger partial charge in [0.2, 0.25) is 0 Å². The van der Waals surface area contributed by atoms with Gasteiger partial charge in [0.15, 0.2) is 5.82 Å². The highest BCUT2D eigenvalue weighted by atomic mass is 15.2. The first kappa shape index (κ1) is 31.6. The summed E-state index contributed by atoms with van der Waals surface area (Å²) < 4.78 is 7.11. The number of aromatic nitrogens is 5. The van der Waals surface area contributed by atoms with Crippen LogP contribution in [0.3, 0.4) is 0 Å². The van der Waals surface area contributed by atoms with E-state index in [9.17, 15) is 0 Å². The summed E-state index contributed by atoms with van der Waals surface area (Å²) in [5.74, 6) is 2.28. The predicted octanol–water partition coefficient (Wildman–Crippen LogP) is 13.1. The number of hydrogen-bond donors (Lipinski definition) is 0. The summed E-state index contributed by atoms with van der Waals surface area (Å²) in [4.78, 5) is 10.8. The molecule has 0 unspecified atom stereocenters. The monoisotopic (exact) mass is 727 g/mol. The van der Waals surface area contributed by atoms with Crippen molar-refractivity contribution in [2.75, 3.05) is 0 Å². The summed E-state index contributed by atoms with van der Waals surface area (Å²) in [5, 5.41) is 7.11. The van der Waals surface area contributed by atoms with Gasteiger partial charge in [-0.2, -0.15) is 0 Å². The molecule has 57 heavy (non-hydrogen) atoms. The lowest BCUT2D eigenvalue weighted by atomic mass is 10.1. The molecule has 12 aromatic rings. The first-order valence-electron chi connectivity index (χ1n) is 19.3. The van der Waals surface area contributed by atoms with Crippen LogP contribution in [0.15, 0.2) is 200 Å². The number of rotatable bonds is 5. The van der Waals surface area contributed by atoms with Gasteiger partial charge in [-0.15, -0.1) is 0 Å². The molecule has 0 atom stereocenters. The van der Waals surface area contributed by atoms with E-state index in [1.165, 1.54) is 43.4 Å². The minimum Gasteiger partial charge on any atom is -0.307 e. The molecular weight excluding hydrogens is 695 g/mol. The lowest BCUT2D eigenvalue weighted by Crippen LogP contribution is -2.07. The van der Waals surface area contributed by atoms with E-state index in [-0.39, 0.29) is 0 Å². The summed E-state index contributed by atoms with van der Waals surface area (Å²) >= 11 is 0. The fourth-order valence-corrected chi connectivity index (χ4v) is 9.00. The summed E-state index contributed by atoms with van der Waals surface area (Å²) in [7, 11) is 0. The van der Waals surface area contributed by atoms with Crippen molar-refractivity contribution in [3.63, 3.8) is 0 Å². The molecule has 0 amide bonds. The zero-order chi connectivity index (χ0) is 37.5. The van der Waals surface area contributed by atoms with E-state index >= 15 is 0 Å². The van der Waals surface area contributed by atoms with Gasteiger partial charge in [0.25, 0.3) is 0 Å². The van der Waals surface area contributed by atoms with Crippen LogP contribution in [0.1, 0.15) is 0 Å². The number of para-hydroxylation sites is 4. The van der Waals surface area contributed by atoms with Gasteiger partial charge in [-0.3, -0.25) is 9.13 Å². The molecule has 5 heteroatoms. The molecule has 0 aliphatic carbocycles. The Kier molecular flexibility index (Phi) is 6.86. The van der Waals surface area contributed by atoms with Crippen molar-refractivity contribution < 1.29 is 0 Å². The van der Waals surface area contributed by atoms with E-state index in [4.69, 9.17) is 9.97 Å². The Labute approximate surface area is 328 Å². The van der Waals surface area contributed by atoms with Crippen LogP contribution in [0.25, 0.3) is 105 Å². The van der Waals surface area contributed by atoms with Crippen molar-refractivity contribution in [1.82, 2.24) is 23.7 Å². The van der Waals surface area contributed by atoms with Crippen molar-refractivity contribution in [3.8, 4) is 39.8 Å². The largest absolute Gasteiger partial charge is 0.307 e. The Morgan fingerprint density at radius 2 is 0.702 bits per heavy atom. The molecule has 0 aliphatic heterocycles. The Bertz CT molecular complexity index is 3460. The standard InChI is InChI=1S/C52H33N5/c1-3-16-34(17-4-1)36-20-15-21-37(32-36)55-44-26-11-9-24-40(44)42-30-31-43-41-25-10-14-29-47(41)57(51(43)50(42)55)49-33-48(53-52(54-49)35-18-5-2-6-19-35)56-45-27-12-7-22-38(45)39-23-8-13-28-46(39)56/h1-33H. The molecule has 4 aromatic heterocycles. The Morgan fingerprint density at radius 1 is 0.281 bits per heavy atom. The average Bonchev–Trinajstić information content (AvgIpc) is 3.93. The van der Waals surface area contributed by atoms with Gasteiger partial charge in [0, 0.05) is 49.6 Å². The average molecular weight is 728 g/mol. The molecule has 8 aromatic carbocycles. The van der Waals surface area contributed by atoms with Crippen LogP contribution < -0.4 is 0 Å². The maximum atomic E-state index is 5.46. The highest BCUT2D eigenvalue weighted by molar-refractivity contribution is 6.23. The summed E-state index contributed by atoms with van der Waals surface area (Å²) in [5.41, 5.74) is 11.1. The molecule has 0 aliphatic rings. The molecule has 0 fully saturated rings. The summed E-state index contributed by atoms with van der Waals surface area (Å²) in [6.07, 6.45) is 0. The zero-order valence-corrected chi connectivity index (χ0v) is 30.8. The summed E-state index contributed by atoms with van der Waals surface area (Å²) in [6.45, 7) is 0. The molecular formula is C52H33N5. The Hall–Kier alpha value is -7.76. The summed E-state index contributed by atoms with van der Waals surface area (Å²) in [6, 6.07) is 71.3. The minimum absolute atomic E-state index is 0.666. The minimum atomic E-state index is 0.666. The molecule has 4 heterocycles. The highest BCUT2D eigenvalue weighted by Gasteiger charge is 2.23. The topological polar surface area (TPSA) is 40.6 Å². The first-order chi connectivity index (χ1) is 28.3. The zero-order valence-electron chi connectivity index (χ0n) is 30.8. The van der Waals surface area contributed by atoms with Gasteiger partial charge >= 0.3 is 0 Å². The molecule has 0 radical (unpaired) electrons. The molecule has 12 rings (SSSR count). The highest BCUT2D eigenvalue weighted by Crippen LogP contribution is 2.42. The van der Waals surface area contributed by atoms with Crippen LogP contribution in [-0.2, 0) is 0 Å². The van der Waals surface area contributed by atoms with E-state index in [1.807, 2.05) is 6.07 Å². The third-order valence-corrected chi connectivity index (χ3v) is 11.4. The predicted molar refractivity (Wildman–Crippen MR) is 236 cm³/mol. The SMILES string of the molecule is c1ccc(-c2cccc(-n3c4ccccc4c4ccc5c6ccccc6n(-c6cc(-n7c8ccccc8c8ccccc87)nc(-c7ccccc7)n6)c5c43)c2)cc1. The third kappa shape index (κ3) is 4.76. The number of hydrogen-bond acceptors (Lipinski definition) is 2. The molecule has 0 saturated carbocycles. The van der Waals surface area contributed by atoms with Gasteiger partial charge < -0.3 is 4.57 Å². The van der Waals surface area contributed by atoms with Crippen molar-refractivity contribution in [1.29, 1.82) is 0 Å². The van der Waals surface area contributed by atoms with E-state index in [2.05, 4.69) is 208 Å². The quantitative estimate of drug-likeness (QED) is 0.177. The smallest absolute Gasteiger partial charge is 0.163 e. The molecule has 0 N–H and O–H groups in total. The van der Waals surface area contributed by atoms with Crippen molar-refractivity contribution in [3.05, 3.63) is 200 Å². The van der Waals surface area contributed by atoms with Crippen LogP contribution in [0, 0.1) is 0 Å². The van der Waals surface area contributed by atoms with Crippen LogP contribution in [-0.4, -0.2) is 23.7 Å². The fraction of sp³-hybridized carbons (Fsp3) is 0. The van der Waals surface area contributed by atoms with Gasteiger partial charge in [-0.25, -0.2) is 9.97 Å². The second kappa shape index (κ2) is 12.4. The maximum Gasteiger partial charge on any atom is 0.163 e. The Balaban J connectivity index is 1.23. The van der Waals surface area contributed by atoms with Crippen LogP contribution >= 0.6 is 0 Å². The molecule has 266 valence electrons. The van der Waals surface area contributed by atoms with Crippen LogP contribution in [0.2, 0.25) is 0 Å². The van der Waals surface area contributed by atoms with Crippen LogP contribution in [0.5, 0.6) is 0 Å². The third-order valence-electron chi connectivity index (χ3n) is 11.4. The fourth-order valence-electron chi connectivity index (χ4n) is 9.00. The lowest BCUT2D eigenvalue weighted by Gasteiger charge is -2.15. The Morgan fingerprint density at radius 3 is 1.28 bits per heavy atom. The number of nitrogens with zero attached hydrogens (tertiary/aromatic N) is 5. The molecule has 5 nitrogen and oxygen atoms in total. The van der Waals surface area contributed by atoms with Gasteiger partial charge in [-0.05, 0) is 47.5 Å². The van der Waals surface area contributed by atoms with Gasteiger partial charge in [0.05, 0.1) is 33.1 Å². The van der Waals surface area contributed by atoms with Crippen molar-refractivity contribution in [2.24, 2.45) is 0 Å². The van der Waals surface area contributed by atoms with E-state index in [1.54, 1.807) is 0 Å². The van der Waals surface area contributed by atoms with E-state index < -0.39 is 0 Å². The van der Waals surface area contributed by atoms with E-state index in [0.29, 0.717) is 5.82 Å². The maximum absolute atomic E-state index is 5.46. The van der Waals surface area contributed by atoms with Crippen molar-refractivity contribution in [2.45, 2.75) is 0 Å².